The van der Waals surface area contributed by atoms with Gasteiger partial charge in [0.1, 0.15) is 17.3 Å². The third-order valence-corrected chi connectivity index (χ3v) is 6.71. The Morgan fingerprint density at radius 3 is 2.44 bits per heavy atom. The van der Waals surface area contributed by atoms with Gasteiger partial charge in [0.05, 0.1) is 9.71 Å². The van der Waals surface area contributed by atoms with Crippen LogP contribution in [0.2, 0.25) is 0 Å². The Labute approximate surface area is 167 Å². The molecule has 0 bridgehead atoms. The molecule has 0 fully saturated rings. The summed E-state index contributed by atoms with van der Waals surface area (Å²) in [6.45, 7) is 2.07. The maximum absolute atomic E-state index is 4.73. The van der Waals surface area contributed by atoms with Gasteiger partial charge in [-0.15, -0.1) is 11.3 Å². The minimum atomic E-state index is 1.12. The lowest BCUT2D eigenvalue weighted by Gasteiger charge is -2.11. The number of rotatable bonds is 4. The molecule has 0 aliphatic rings. The van der Waals surface area contributed by atoms with Crippen molar-refractivity contribution in [1.82, 2.24) is 4.98 Å². The average molecular weight is 393 g/mol. The summed E-state index contributed by atoms with van der Waals surface area (Å²) < 4.78 is 4.77. The standard InChI is InChI=1S/C22H22N3S2/c1-15-23-21-19(26-15)14-13-18-22(21)27-20(25(18)4)8-6-5-7-16-9-11-17(12-10-16)24(2)3/h5-14H,1-4H3/q+1. The van der Waals surface area contributed by atoms with Gasteiger partial charge in [-0.1, -0.05) is 41.7 Å². The zero-order valence-electron chi connectivity index (χ0n) is 15.9. The number of thiazole rings is 2. The largest absolute Gasteiger partial charge is 0.378 e. The highest BCUT2D eigenvalue weighted by atomic mass is 32.1. The first-order valence-electron chi connectivity index (χ1n) is 8.84. The first kappa shape index (κ1) is 17.9. The summed E-state index contributed by atoms with van der Waals surface area (Å²) in [6.07, 6.45) is 8.50. The van der Waals surface area contributed by atoms with Crippen LogP contribution in [-0.2, 0) is 7.05 Å². The average Bonchev–Trinajstić information content (AvgIpc) is 3.18. The van der Waals surface area contributed by atoms with Crippen molar-refractivity contribution in [1.29, 1.82) is 0 Å². The van der Waals surface area contributed by atoms with E-state index >= 15 is 0 Å². The van der Waals surface area contributed by atoms with Crippen molar-refractivity contribution in [2.75, 3.05) is 19.0 Å². The Morgan fingerprint density at radius 1 is 0.963 bits per heavy atom. The molecule has 27 heavy (non-hydrogen) atoms. The summed E-state index contributed by atoms with van der Waals surface area (Å²) in [7, 11) is 6.23. The SMILES string of the molecule is Cc1nc2c(ccc3c2sc(/C=C/C=C/c2ccc(N(C)C)cc2)[n+]3C)s1. The molecule has 0 aliphatic carbocycles. The normalized spacial score (nSPS) is 12.1. The molecule has 0 radical (unpaired) electrons. The number of nitrogens with zero attached hydrogens (tertiary/aromatic N) is 3. The summed E-state index contributed by atoms with van der Waals surface area (Å²) in [5, 5.41) is 2.34. The summed E-state index contributed by atoms with van der Waals surface area (Å²) >= 11 is 3.56. The predicted octanol–water partition coefficient (Wildman–Crippen LogP) is 5.44. The Morgan fingerprint density at radius 2 is 1.70 bits per heavy atom. The summed E-state index contributed by atoms with van der Waals surface area (Å²) in [5.74, 6) is 0. The van der Waals surface area contributed by atoms with Crippen molar-refractivity contribution >= 4 is 60.9 Å². The van der Waals surface area contributed by atoms with Gasteiger partial charge in [0.15, 0.2) is 0 Å². The van der Waals surface area contributed by atoms with Gasteiger partial charge >= 0.3 is 0 Å². The fourth-order valence-electron chi connectivity index (χ4n) is 3.06. The third kappa shape index (κ3) is 3.53. The molecule has 3 nitrogen and oxygen atoms in total. The lowest BCUT2D eigenvalue weighted by molar-refractivity contribution is -0.642. The van der Waals surface area contributed by atoms with Crippen LogP contribution in [0.1, 0.15) is 15.6 Å². The minimum Gasteiger partial charge on any atom is -0.378 e. The van der Waals surface area contributed by atoms with Gasteiger partial charge < -0.3 is 4.90 Å². The van der Waals surface area contributed by atoms with Gasteiger partial charge in [0.2, 0.25) is 5.52 Å². The molecule has 0 saturated carbocycles. The van der Waals surface area contributed by atoms with Crippen molar-refractivity contribution < 1.29 is 4.57 Å². The lowest BCUT2D eigenvalue weighted by Crippen LogP contribution is -2.28. The molecule has 136 valence electrons. The number of allylic oxidation sites excluding steroid dienone is 2. The zero-order valence-corrected chi connectivity index (χ0v) is 17.6. The Hall–Kier alpha value is -2.50. The van der Waals surface area contributed by atoms with E-state index in [-0.39, 0.29) is 0 Å². The van der Waals surface area contributed by atoms with Crippen LogP contribution in [0.25, 0.3) is 32.6 Å². The second-order valence-electron chi connectivity index (χ2n) is 6.70. The first-order chi connectivity index (χ1) is 13.0. The van der Waals surface area contributed by atoms with E-state index < -0.39 is 0 Å². The highest BCUT2D eigenvalue weighted by Crippen LogP contribution is 2.32. The summed E-state index contributed by atoms with van der Waals surface area (Å²) in [6, 6.07) is 12.9. The van der Waals surface area contributed by atoms with E-state index in [9.17, 15) is 0 Å². The van der Waals surface area contributed by atoms with E-state index in [0.717, 1.165) is 10.5 Å². The van der Waals surface area contributed by atoms with Gasteiger partial charge in [-0.2, -0.15) is 4.57 Å². The molecule has 2 aromatic carbocycles. The molecule has 0 unspecified atom stereocenters. The molecule has 0 aliphatic heterocycles. The highest BCUT2D eigenvalue weighted by molar-refractivity contribution is 7.22. The third-order valence-electron chi connectivity index (χ3n) is 4.55. The summed E-state index contributed by atoms with van der Waals surface area (Å²) in [5.41, 5.74) is 4.78. The molecule has 0 spiro atoms. The molecule has 2 aromatic heterocycles. The first-order valence-corrected chi connectivity index (χ1v) is 10.5. The van der Waals surface area contributed by atoms with Crippen LogP contribution < -0.4 is 9.47 Å². The van der Waals surface area contributed by atoms with E-state index in [0.29, 0.717) is 0 Å². The van der Waals surface area contributed by atoms with Gasteiger partial charge in [-0.05, 0) is 30.7 Å². The van der Waals surface area contributed by atoms with Gasteiger partial charge in [-0.25, -0.2) is 4.98 Å². The number of benzene rings is 2. The molecule has 4 rings (SSSR count). The van der Waals surface area contributed by atoms with Crippen LogP contribution in [0.5, 0.6) is 0 Å². The molecule has 5 heteroatoms. The molecule has 2 heterocycles. The van der Waals surface area contributed by atoms with Crippen molar-refractivity contribution in [3.63, 3.8) is 0 Å². The number of aryl methyl sites for hydroxylation is 2. The molecular formula is C22H22N3S2+. The van der Waals surface area contributed by atoms with E-state index in [1.165, 1.54) is 31.2 Å². The predicted molar refractivity (Wildman–Crippen MR) is 120 cm³/mol. The molecule has 4 aromatic rings. The van der Waals surface area contributed by atoms with E-state index in [4.69, 9.17) is 4.98 Å². The monoisotopic (exact) mass is 392 g/mol. The topological polar surface area (TPSA) is 20.0 Å². The van der Waals surface area contributed by atoms with Crippen LogP contribution in [0.4, 0.5) is 5.69 Å². The Balaban J connectivity index is 1.59. The molecular weight excluding hydrogens is 370 g/mol. The maximum atomic E-state index is 4.73. The minimum absolute atomic E-state index is 1.12. The zero-order chi connectivity index (χ0) is 19.0. The van der Waals surface area contributed by atoms with Crippen molar-refractivity contribution in [3.8, 4) is 0 Å². The number of hydrogen-bond donors (Lipinski definition) is 0. The van der Waals surface area contributed by atoms with Gasteiger partial charge in [0, 0.05) is 31.9 Å². The Bertz CT molecular complexity index is 1160. The number of anilines is 1. The molecule has 0 atom stereocenters. The van der Waals surface area contributed by atoms with E-state index in [1.54, 1.807) is 22.7 Å². The molecule has 0 N–H and O–H groups in total. The number of aromatic nitrogens is 2. The number of fused-ring (bicyclic) bond motifs is 3. The van der Waals surface area contributed by atoms with E-state index in [1.807, 2.05) is 0 Å². The maximum Gasteiger partial charge on any atom is 0.262 e. The van der Waals surface area contributed by atoms with Crippen LogP contribution >= 0.6 is 22.7 Å². The second-order valence-corrected chi connectivity index (χ2v) is 8.96. The van der Waals surface area contributed by atoms with Crippen molar-refractivity contribution in [2.24, 2.45) is 7.05 Å². The van der Waals surface area contributed by atoms with Gasteiger partial charge in [0.25, 0.3) is 5.01 Å². The van der Waals surface area contributed by atoms with Crippen LogP contribution in [-0.4, -0.2) is 19.1 Å². The fraction of sp³-hybridized carbons (Fsp3) is 0.182. The quantitative estimate of drug-likeness (QED) is 0.341. The van der Waals surface area contributed by atoms with Crippen LogP contribution in [0.15, 0.2) is 48.6 Å². The highest BCUT2D eigenvalue weighted by Gasteiger charge is 2.18. The van der Waals surface area contributed by atoms with Crippen molar-refractivity contribution in [2.45, 2.75) is 6.92 Å². The lowest BCUT2D eigenvalue weighted by atomic mass is 10.2. The van der Waals surface area contributed by atoms with E-state index in [2.05, 4.69) is 98.2 Å². The van der Waals surface area contributed by atoms with Crippen LogP contribution in [0.3, 0.4) is 0 Å². The smallest absolute Gasteiger partial charge is 0.262 e. The number of hydrogen-bond acceptors (Lipinski definition) is 4. The molecule has 0 amide bonds. The molecule has 0 saturated heterocycles. The Kier molecular flexibility index (Phi) is 4.81. The fourth-order valence-corrected chi connectivity index (χ4v) is 5.11. The summed E-state index contributed by atoms with van der Waals surface area (Å²) in [4.78, 5) is 6.83. The van der Waals surface area contributed by atoms with Gasteiger partial charge in [-0.3, -0.25) is 0 Å². The van der Waals surface area contributed by atoms with Crippen molar-refractivity contribution in [3.05, 3.63) is 64.1 Å². The van der Waals surface area contributed by atoms with Crippen LogP contribution in [0, 0.1) is 6.92 Å². The second kappa shape index (κ2) is 7.25.